The summed E-state index contributed by atoms with van der Waals surface area (Å²) < 4.78 is 4.96. The molecule has 0 radical (unpaired) electrons. The van der Waals surface area contributed by atoms with E-state index in [-0.39, 0.29) is 18.0 Å². The number of nitrogens with zero attached hydrogens (tertiary/aromatic N) is 2. The van der Waals surface area contributed by atoms with E-state index in [4.69, 9.17) is 10.5 Å². The van der Waals surface area contributed by atoms with Crippen molar-refractivity contribution in [3.63, 3.8) is 0 Å². The fourth-order valence-electron chi connectivity index (χ4n) is 2.28. The molecule has 0 saturated carbocycles. The van der Waals surface area contributed by atoms with Gasteiger partial charge in [0.1, 0.15) is 0 Å². The Morgan fingerprint density at radius 3 is 2.81 bits per heavy atom. The van der Waals surface area contributed by atoms with Crippen LogP contribution < -0.4 is 11.1 Å². The summed E-state index contributed by atoms with van der Waals surface area (Å²) in [4.78, 5) is 29.3. The van der Waals surface area contributed by atoms with Crippen molar-refractivity contribution in [3.8, 4) is 0 Å². The number of amides is 2. The highest BCUT2D eigenvalue weighted by molar-refractivity contribution is 5.98. The zero-order valence-corrected chi connectivity index (χ0v) is 12.0. The third-order valence-corrected chi connectivity index (χ3v) is 3.46. The summed E-state index contributed by atoms with van der Waals surface area (Å²) in [5.74, 6) is -0.227. The maximum atomic E-state index is 12.1. The zero-order chi connectivity index (χ0) is 15.2. The van der Waals surface area contributed by atoms with Crippen LogP contribution >= 0.6 is 0 Å². The van der Waals surface area contributed by atoms with Gasteiger partial charge in [-0.25, -0.2) is 4.79 Å². The van der Waals surface area contributed by atoms with Crippen molar-refractivity contribution in [1.82, 2.24) is 15.2 Å². The molecule has 0 spiro atoms. The molecule has 2 rings (SSSR count). The average Bonchev–Trinajstić information content (AvgIpc) is 2.48. The molecule has 7 heteroatoms. The maximum absolute atomic E-state index is 12.1. The van der Waals surface area contributed by atoms with Gasteiger partial charge in [0.2, 0.25) is 0 Å². The summed E-state index contributed by atoms with van der Waals surface area (Å²) >= 11 is 0. The summed E-state index contributed by atoms with van der Waals surface area (Å²) in [5, 5.41) is 2.93. The summed E-state index contributed by atoms with van der Waals surface area (Å²) in [6.45, 7) is 3.30. The van der Waals surface area contributed by atoms with Gasteiger partial charge in [0, 0.05) is 37.2 Å². The molecule has 0 bridgehead atoms. The second-order valence-corrected chi connectivity index (χ2v) is 4.90. The van der Waals surface area contributed by atoms with Gasteiger partial charge in [-0.3, -0.25) is 9.78 Å². The lowest BCUT2D eigenvalue weighted by atomic mass is 10.0. The normalized spacial score (nSPS) is 15.6. The topological polar surface area (TPSA) is 97.5 Å². The third kappa shape index (κ3) is 3.84. The predicted octanol–water partition coefficient (Wildman–Crippen LogP) is 1.01. The molecule has 0 aromatic carbocycles. The average molecular weight is 292 g/mol. The quantitative estimate of drug-likeness (QED) is 0.866. The molecule has 3 N–H and O–H groups in total. The van der Waals surface area contributed by atoms with Crippen LogP contribution in [0.4, 0.5) is 10.5 Å². The van der Waals surface area contributed by atoms with E-state index < -0.39 is 0 Å². The highest BCUT2D eigenvalue weighted by Crippen LogP contribution is 2.14. The highest BCUT2D eigenvalue weighted by Gasteiger charge is 2.25. The van der Waals surface area contributed by atoms with E-state index in [1.54, 1.807) is 24.1 Å². The second-order valence-electron chi connectivity index (χ2n) is 4.90. The molecule has 1 aromatic rings. The summed E-state index contributed by atoms with van der Waals surface area (Å²) in [6, 6.07) is 1.63. The lowest BCUT2D eigenvalue weighted by Crippen LogP contribution is -2.46. The first-order chi connectivity index (χ1) is 10.1. The van der Waals surface area contributed by atoms with Gasteiger partial charge >= 0.3 is 6.09 Å². The summed E-state index contributed by atoms with van der Waals surface area (Å²) in [6.07, 6.45) is 4.11. The Labute approximate surface area is 123 Å². The minimum atomic E-state index is -0.293. The van der Waals surface area contributed by atoms with Gasteiger partial charge in [-0.1, -0.05) is 0 Å². The van der Waals surface area contributed by atoms with Crippen molar-refractivity contribution in [3.05, 3.63) is 24.0 Å². The fraction of sp³-hybridized carbons (Fsp3) is 0.500. The molecule has 1 saturated heterocycles. The smallest absolute Gasteiger partial charge is 0.409 e. The molecule has 1 aromatic heterocycles. The van der Waals surface area contributed by atoms with Gasteiger partial charge in [-0.05, 0) is 25.8 Å². The van der Waals surface area contributed by atoms with Gasteiger partial charge in [-0.15, -0.1) is 0 Å². The standard InChI is InChI=1S/C14H20N4O3/c1-2-21-14(20)18-7-4-10(5-8-18)17-13(19)11-9-16-6-3-12(11)15/h3,6,9-10H,2,4-5,7-8H2,1H3,(H2,15,16)(H,17,19). The summed E-state index contributed by atoms with van der Waals surface area (Å²) in [5.41, 5.74) is 6.54. The van der Waals surface area contributed by atoms with Crippen LogP contribution in [-0.2, 0) is 4.74 Å². The molecule has 114 valence electrons. The van der Waals surface area contributed by atoms with E-state index in [2.05, 4.69) is 10.3 Å². The second kappa shape index (κ2) is 6.92. The van der Waals surface area contributed by atoms with Crippen LogP contribution in [0.5, 0.6) is 0 Å². The lowest BCUT2D eigenvalue weighted by Gasteiger charge is -2.31. The van der Waals surface area contributed by atoms with Crippen LogP contribution in [0, 0.1) is 0 Å². The molecule has 1 aliphatic heterocycles. The number of hydrogen-bond acceptors (Lipinski definition) is 5. The fourth-order valence-corrected chi connectivity index (χ4v) is 2.28. The SMILES string of the molecule is CCOC(=O)N1CCC(NC(=O)c2cnccc2N)CC1. The zero-order valence-electron chi connectivity index (χ0n) is 12.0. The molecule has 0 unspecified atom stereocenters. The van der Waals surface area contributed by atoms with Crippen LogP contribution in [0.25, 0.3) is 0 Å². The first kappa shape index (κ1) is 15.1. The Morgan fingerprint density at radius 2 is 2.19 bits per heavy atom. The third-order valence-electron chi connectivity index (χ3n) is 3.46. The number of carbonyl (C=O) groups excluding carboxylic acids is 2. The minimum absolute atomic E-state index is 0.0304. The number of nitrogens with two attached hydrogens (primary N) is 1. The van der Waals surface area contributed by atoms with Crippen molar-refractivity contribution in [2.45, 2.75) is 25.8 Å². The van der Waals surface area contributed by atoms with E-state index >= 15 is 0 Å². The molecule has 1 aliphatic rings. The molecule has 2 heterocycles. The lowest BCUT2D eigenvalue weighted by molar-refractivity contribution is 0.0860. The molecular weight excluding hydrogens is 272 g/mol. The largest absolute Gasteiger partial charge is 0.450 e. The highest BCUT2D eigenvalue weighted by atomic mass is 16.6. The predicted molar refractivity (Wildman–Crippen MR) is 77.7 cm³/mol. The Balaban J connectivity index is 1.85. The van der Waals surface area contributed by atoms with E-state index in [1.807, 2.05) is 0 Å². The number of likely N-dealkylation sites (tertiary alicyclic amines) is 1. The number of aromatic nitrogens is 1. The van der Waals surface area contributed by atoms with Crippen LogP contribution in [0.3, 0.4) is 0 Å². The molecule has 2 amide bonds. The van der Waals surface area contributed by atoms with Crippen molar-refractivity contribution in [2.24, 2.45) is 0 Å². The number of anilines is 1. The van der Waals surface area contributed by atoms with E-state index in [0.29, 0.717) is 43.8 Å². The number of pyridine rings is 1. The molecule has 0 atom stereocenters. The first-order valence-electron chi connectivity index (χ1n) is 7.04. The number of carbonyl (C=O) groups is 2. The van der Waals surface area contributed by atoms with Crippen LogP contribution in [0.1, 0.15) is 30.1 Å². The Morgan fingerprint density at radius 1 is 1.48 bits per heavy atom. The molecular formula is C14H20N4O3. The summed E-state index contributed by atoms with van der Waals surface area (Å²) in [7, 11) is 0. The van der Waals surface area contributed by atoms with Gasteiger partial charge in [0.15, 0.2) is 0 Å². The van der Waals surface area contributed by atoms with E-state index in [9.17, 15) is 9.59 Å². The number of rotatable bonds is 3. The first-order valence-corrected chi connectivity index (χ1v) is 7.04. The van der Waals surface area contributed by atoms with Crippen LogP contribution in [0.2, 0.25) is 0 Å². The van der Waals surface area contributed by atoms with Gasteiger partial charge in [0.05, 0.1) is 12.2 Å². The van der Waals surface area contributed by atoms with E-state index in [1.165, 1.54) is 6.20 Å². The maximum Gasteiger partial charge on any atom is 0.409 e. The molecule has 21 heavy (non-hydrogen) atoms. The molecule has 0 aliphatic carbocycles. The van der Waals surface area contributed by atoms with E-state index in [0.717, 1.165) is 0 Å². The Bertz CT molecular complexity index is 513. The van der Waals surface area contributed by atoms with Crippen molar-refractivity contribution >= 4 is 17.7 Å². The van der Waals surface area contributed by atoms with Crippen molar-refractivity contribution < 1.29 is 14.3 Å². The minimum Gasteiger partial charge on any atom is -0.450 e. The molecule has 1 fully saturated rings. The van der Waals surface area contributed by atoms with Gasteiger partial charge < -0.3 is 20.7 Å². The molecule has 7 nitrogen and oxygen atoms in total. The number of ether oxygens (including phenoxy) is 1. The van der Waals surface area contributed by atoms with Crippen molar-refractivity contribution in [1.29, 1.82) is 0 Å². The monoisotopic (exact) mass is 292 g/mol. The van der Waals surface area contributed by atoms with Crippen molar-refractivity contribution in [2.75, 3.05) is 25.4 Å². The van der Waals surface area contributed by atoms with Crippen LogP contribution in [-0.4, -0.2) is 47.6 Å². The Kier molecular flexibility index (Phi) is 4.97. The van der Waals surface area contributed by atoms with Crippen LogP contribution in [0.15, 0.2) is 18.5 Å². The van der Waals surface area contributed by atoms with Gasteiger partial charge in [-0.2, -0.15) is 0 Å². The number of piperidine rings is 1. The van der Waals surface area contributed by atoms with Gasteiger partial charge in [0.25, 0.3) is 5.91 Å². The number of nitrogen functional groups attached to an aromatic ring is 1. The number of hydrogen-bond donors (Lipinski definition) is 2. The Hall–Kier alpha value is -2.31. The number of nitrogens with one attached hydrogen (secondary N) is 1.